The predicted octanol–water partition coefficient (Wildman–Crippen LogP) is 4.34. The zero-order chi connectivity index (χ0) is 14.2. The van der Waals surface area contributed by atoms with Crippen molar-refractivity contribution in [2.75, 3.05) is 0 Å². The van der Waals surface area contributed by atoms with Gasteiger partial charge in [-0.25, -0.2) is 23.1 Å². The third kappa shape index (κ3) is 2.56. The van der Waals surface area contributed by atoms with E-state index < -0.39 is 17.5 Å². The van der Waals surface area contributed by atoms with Crippen molar-refractivity contribution in [3.63, 3.8) is 0 Å². The summed E-state index contributed by atoms with van der Waals surface area (Å²) in [7, 11) is 0. The number of benzene rings is 1. The van der Waals surface area contributed by atoms with Gasteiger partial charge in [0.2, 0.25) is 0 Å². The molecule has 0 unspecified atom stereocenters. The Hall–Kier alpha value is -1.62. The molecule has 2 nitrogen and oxygen atoms in total. The number of rotatable bonds is 2. The molecule has 0 spiro atoms. The van der Waals surface area contributed by atoms with Crippen LogP contribution >= 0.6 is 11.6 Å². The molecule has 0 aliphatic rings. The number of hydrogen-bond acceptors (Lipinski definition) is 2. The van der Waals surface area contributed by atoms with Crippen molar-refractivity contribution >= 4 is 11.6 Å². The van der Waals surface area contributed by atoms with Crippen LogP contribution in [0.15, 0.2) is 18.5 Å². The van der Waals surface area contributed by atoms with Crippen LogP contribution in [-0.2, 0) is 0 Å². The van der Waals surface area contributed by atoms with Crippen LogP contribution in [0.5, 0.6) is 0 Å². The van der Waals surface area contributed by atoms with Gasteiger partial charge in [0.15, 0.2) is 11.6 Å². The fraction of sp³-hybridized carbons (Fsp3) is 0.231. The van der Waals surface area contributed by atoms with Crippen LogP contribution in [0.2, 0.25) is 5.15 Å². The Labute approximate surface area is 113 Å². The molecule has 6 heteroatoms. The molecule has 100 valence electrons. The Morgan fingerprint density at radius 3 is 2.26 bits per heavy atom. The van der Waals surface area contributed by atoms with Gasteiger partial charge in [-0.3, -0.25) is 0 Å². The van der Waals surface area contributed by atoms with Gasteiger partial charge in [0.1, 0.15) is 17.3 Å². The van der Waals surface area contributed by atoms with Gasteiger partial charge in [-0.1, -0.05) is 25.4 Å². The van der Waals surface area contributed by atoms with Crippen molar-refractivity contribution in [3.8, 4) is 11.3 Å². The highest BCUT2D eigenvalue weighted by molar-refractivity contribution is 6.30. The monoisotopic (exact) mass is 286 g/mol. The van der Waals surface area contributed by atoms with Gasteiger partial charge in [0.05, 0.1) is 5.69 Å². The molecular formula is C13H10ClF3N2. The van der Waals surface area contributed by atoms with Crippen molar-refractivity contribution in [3.05, 3.63) is 46.6 Å². The molecule has 0 fully saturated rings. The number of halogens is 4. The molecule has 19 heavy (non-hydrogen) atoms. The SMILES string of the molecule is CC(C)c1c(Cl)ncnc1-c1cc(F)c(F)cc1F. The quantitative estimate of drug-likeness (QED) is 0.606. The van der Waals surface area contributed by atoms with E-state index in [0.29, 0.717) is 11.6 Å². The third-order valence-electron chi connectivity index (χ3n) is 2.68. The molecule has 1 heterocycles. The highest BCUT2D eigenvalue weighted by atomic mass is 35.5. The molecule has 1 aromatic heterocycles. The maximum atomic E-state index is 13.8. The minimum Gasteiger partial charge on any atom is -0.236 e. The van der Waals surface area contributed by atoms with Gasteiger partial charge in [0, 0.05) is 17.2 Å². The summed E-state index contributed by atoms with van der Waals surface area (Å²) < 4.78 is 40.0. The summed E-state index contributed by atoms with van der Waals surface area (Å²) >= 11 is 5.96. The van der Waals surface area contributed by atoms with Gasteiger partial charge in [-0.15, -0.1) is 0 Å². The van der Waals surface area contributed by atoms with Gasteiger partial charge in [-0.05, 0) is 12.0 Å². The summed E-state index contributed by atoms with van der Waals surface area (Å²) in [4.78, 5) is 7.76. The molecule has 0 bridgehead atoms. The highest BCUT2D eigenvalue weighted by Gasteiger charge is 2.19. The second-order valence-electron chi connectivity index (χ2n) is 4.33. The van der Waals surface area contributed by atoms with Crippen molar-refractivity contribution in [1.29, 1.82) is 0 Å². The van der Waals surface area contributed by atoms with Gasteiger partial charge >= 0.3 is 0 Å². The summed E-state index contributed by atoms with van der Waals surface area (Å²) in [5.74, 6) is -3.36. The Bertz CT molecular complexity index is 630. The van der Waals surface area contributed by atoms with Crippen molar-refractivity contribution < 1.29 is 13.2 Å². The number of aromatic nitrogens is 2. The normalized spacial score (nSPS) is 11.1. The van der Waals surface area contributed by atoms with Gasteiger partial charge < -0.3 is 0 Å². The summed E-state index contributed by atoms with van der Waals surface area (Å²) in [5.41, 5.74) is 0.535. The minimum absolute atomic E-state index is 0.0868. The lowest BCUT2D eigenvalue weighted by Gasteiger charge is -2.13. The summed E-state index contributed by atoms with van der Waals surface area (Å²) in [6.45, 7) is 3.65. The maximum Gasteiger partial charge on any atom is 0.161 e. The molecule has 0 aliphatic carbocycles. The van der Waals surface area contributed by atoms with E-state index in [0.717, 1.165) is 12.4 Å². The van der Waals surface area contributed by atoms with Crippen LogP contribution in [0, 0.1) is 17.5 Å². The lowest BCUT2D eigenvalue weighted by Crippen LogP contribution is -2.01. The molecule has 2 rings (SSSR count). The van der Waals surface area contributed by atoms with E-state index in [-0.39, 0.29) is 22.3 Å². The molecule has 0 saturated heterocycles. The van der Waals surface area contributed by atoms with Crippen molar-refractivity contribution in [1.82, 2.24) is 9.97 Å². The maximum absolute atomic E-state index is 13.8. The largest absolute Gasteiger partial charge is 0.236 e. The molecule has 0 saturated carbocycles. The zero-order valence-corrected chi connectivity index (χ0v) is 11.0. The van der Waals surface area contributed by atoms with Crippen LogP contribution in [-0.4, -0.2) is 9.97 Å². The molecular weight excluding hydrogens is 277 g/mol. The van der Waals surface area contributed by atoms with Crippen molar-refractivity contribution in [2.24, 2.45) is 0 Å². The van der Waals surface area contributed by atoms with E-state index in [2.05, 4.69) is 9.97 Å². The highest BCUT2D eigenvalue weighted by Crippen LogP contribution is 2.33. The van der Waals surface area contributed by atoms with E-state index >= 15 is 0 Å². The molecule has 0 aliphatic heterocycles. The molecule has 1 aromatic carbocycles. The lowest BCUT2D eigenvalue weighted by molar-refractivity contribution is 0.496. The molecule has 0 N–H and O–H groups in total. The zero-order valence-electron chi connectivity index (χ0n) is 10.2. The average Bonchev–Trinajstić information content (AvgIpc) is 2.33. The van der Waals surface area contributed by atoms with Gasteiger partial charge in [0.25, 0.3) is 0 Å². The summed E-state index contributed by atoms with van der Waals surface area (Å²) in [6.07, 6.45) is 1.16. The Balaban J connectivity index is 2.72. The van der Waals surface area contributed by atoms with Crippen LogP contribution in [0.1, 0.15) is 25.3 Å². The van der Waals surface area contributed by atoms with E-state index in [1.165, 1.54) is 0 Å². The van der Waals surface area contributed by atoms with Crippen LogP contribution in [0.4, 0.5) is 13.2 Å². The second kappa shape index (κ2) is 5.17. The first-order chi connectivity index (χ1) is 8.91. The Morgan fingerprint density at radius 1 is 1.00 bits per heavy atom. The number of hydrogen-bond donors (Lipinski definition) is 0. The fourth-order valence-corrected chi connectivity index (χ4v) is 2.16. The average molecular weight is 287 g/mol. The molecule has 0 amide bonds. The molecule has 0 radical (unpaired) electrons. The first kappa shape index (κ1) is 13.8. The summed E-state index contributed by atoms with van der Waals surface area (Å²) in [6, 6.07) is 1.26. The van der Waals surface area contributed by atoms with E-state index in [9.17, 15) is 13.2 Å². The first-order valence-electron chi connectivity index (χ1n) is 5.57. The second-order valence-corrected chi connectivity index (χ2v) is 4.69. The third-order valence-corrected chi connectivity index (χ3v) is 2.98. The standard InChI is InChI=1S/C13H10ClF3N2/c1-6(2)11-12(18-5-19-13(11)14)7-3-9(16)10(17)4-8(7)15/h3-6H,1-2H3. The van der Waals surface area contributed by atoms with E-state index in [4.69, 9.17) is 11.6 Å². The predicted molar refractivity (Wildman–Crippen MR) is 66.4 cm³/mol. The van der Waals surface area contributed by atoms with Crippen molar-refractivity contribution in [2.45, 2.75) is 19.8 Å². The minimum atomic E-state index is -1.24. The summed E-state index contributed by atoms with van der Waals surface area (Å²) in [5, 5.41) is 0.170. The van der Waals surface area contributed by atoms with Crippen LogP contribution < -0.4 is 0 Å². The first-order valence-corrected chi connectivity index (χ1v) is 5.95. The van der Waals surface area contributed by atoms with E-state index in [1.807, 2.05) is 13.8 Å². The lowest BCUT2D eigenvalue weighted by atomic mass is 9.98. The molecule has 0 atom stereocenters. The Kier molecular flexibility index (Phi) is 3.75. The fourth-order valence-electron chi connectivity index (χ4n) is 1.80. The smallest absolute Gasteiger partial charge is 0.161 e. The topological polar surface area (TPSA) is 25.8 Å². The van der Waals surface area contributed by atoms with Gasteiger partial charge in [-0.2, -0.15) is 0 Å². The van der Waals surface area contributed by atoms with Crippen LogP contribution in [0.3, 0.4) is 0 Å². The van der Waals surface area contributed by atoms with Crippen LogP contribution in [0.25, 0.3) is 11.3 Å². The molecule has 2 aromatic rings. The number of nitrogens with zero attached hydrogens (tertiary/aromatic N) is 2. The Morgan fingerprint density at radius 2 is 1.63 bits per heavy atom. The van der Waals surface area contributed by atoms with E-state index in [1.54, 1.807) is 0 Å².